The van der Waals surface area contributed by atoms with Crippen molar-refractivity contribution in [3.8, 4) is 5.69 Å². The van der Waals surface area contributed by atoms with Crippen molar-refractivity contribution < 1.29 is 4.79 Å². The van der Waals surface area contributed by atoms with E-state index in [1.807, 2.05) is 24.3 Å². The molecule has 0 radical (unpaired) electrons. The first-order valence-electron chi connectivity index (χ1n) is 6.37. The summed E-state index contributed by atoms with van der Waals surface area (Å²) in [6.07, 6.45) is 2.84. The third kappa shape index (κ3) is 3.20. The van der Waals surface area contributed by atoms with Crippen molar-refractivity contribution in [1.82, 2.24) is 15.1 Å². The molecule has 5 heteroatoms. The Bertz CT molecular complexity index is 562. The van der Waals surface area contributed by atoms with Gasteiger partial charge < -0.3 is 11.1 Å². The number of nitrogens with one attached hydrogen (secondary N) is 1. The van der Waals surface area contributed by atoms with Crippen molar-refractivity contribution in [2.75, 3.05) is 6.54 Å². The Morgan fingerprint density at radius 1 is 1.37 bits per heavy atom. The van der Waals surface area contributed by atoms with Crippen LogP contribution >= 0.6 is 0 Å². The lowest BCUT2D eigenvalue weighted by Crippen LogP contribution is -2.16. The molecule has 19 heavy (non-hydrogen) atoms. The van der Waals surface area contributed by atoms with E-state index in [-0.39, 0.29) is 5.69 Å². The normalized spacial score (nSPS) is 10.6. The zero-order chi connectivity index (χ0) is 13.7. The van der Waals surface area contributed by atoms with Crippen molar-refractivity contribution in [3.05, 3.63) is 47.8 Å². The van der Waals surface area contributed by atoms with Gasteiger partial charge in [-0.15, -0.1) is 0 Å². The maximum atomic E-state index is 11.1. The SMILES string of the molecule is CCCNCc1ccccc1-n1ccc(C(N)=O)n1. The molecule has 1 aromatic heterocycles. The third-order valence-electron chi connectivity index (χ3n) is 2.82. The Morgan fingerprint density at radius 2 is 2.16 bits per heavy atom. The number of carbonyl (C=O) groups is 1. The molecular weight excluding hydrogens is 240 g/mol. The number of rotatable bonds is 6. The van der Waals surface area contributed by atoms with Crippen LogP contribution in [0.25, 0.3) is 5.69 Å². The average Bonchev–Trinajstić information content (AvgIpc) is 2.89. The molecular formula is C14H18N4O. The molecule has 100 valence electrons. The molecule has 0 unspecified atom stereocenters. The second-order valence-electron chi connectivity index (χ2n) is 4.32. The monoisotopic (exact) mass is 258 g/mol. The molecule has 0 aliphatic rings. The number of aromatic nitrogens is 2. The van der Waals surface area contributed by atoms with Crippen LogP contribution in [0.3, 0.4) is 0 Å². The zero-order valence-electron chi connectivity index (χ0n) is 11.0. The Labute approximate surface area is 112 Å². The van der Waals surface area contributed by atoms with Crippen molar-refractivity contribution >= 4 is 5.91 Å². The summed E-state index contributed by atoms with van der Waals surface area (Å²) in [5.74, 6) is -0.514. The highest BCUT2D eigenvalue weighted by Gasteiger charge is 2.08. The van der Waals surface area contributed by atoms with E-state index in [1.165, 1.54) is 0 Å². The number of amides is 1. The van der Waals surface area contributed by atoms with Crippen molar-refractivity contribution in [3.63, 3.8) is 0 Å². The minimum absolute atomic E-state index is 0.274. The van der Waals surface area contributed by atoms with Crippen LogP contribution in [0.15, 0.2) is 36.5 Å². The Balaban J connectivity index is 2.25. The molecule has 0 aliphatic carbocycles. The predicted octanol–water partition coefficient (Wildman–Crippen LogP) is 1.47. The van der Waals surface area contributed by atoms with Gasteiger partial charge in [-0.05, 0) is 30.7 Å². The molecule has 0 aliphatic heterocycles. The molecule has 0 bridgehead atoms. The van der Waals surface area contributed by atoms with Gasteiger partial charge in [0.15, 0.2) is 0 Å². The zero-order valence-corrected chi connectivity index (χ0v) is 11.0. The standard InChI is InChI=1S/C14H18N4O/c1-2-8-16-10-11-5-3-4-6-13(11)18-9-7-12(17-18)14(15)19/h3-7,9,16H,2,8,10H2,1H3,(H2,15,19). The van der Waals surface area contributed by atoms with E-state index in [0.717, 1.165) is 30.8 Å². The number of para-hydroxylation sites is 1. The lowest BCUT2D eigenvalue weighted by atomic mass is 10.2. The van der Waals surface area contributed by atoms with Gasteiger partial charge in [-0.25, -0.2) is 4.68 Å². The molecule has 3 N–H and O–H groups in total. The number of hydrogen-bond donors (Lipinski definition) is 2. The van der Waals surface area contributed by atoms with Crippen LogP contribution in [0.4, 0.5) is 0 Å². The summed E-state index contributed by atoms with van der Waals surface area (Å²) in [4.78, 5) is 11.1. The van der Waals surface area contributed by atoms with Crippen molar-refractivity contribution in [2.45, 2.75) is 19.9 Å². The topological polar surface area (TPSA) is 72.9 Å². The van der Waals surface area contributed by atoms with Gasteiger partial charge in [-0.2, -0.15) is 5.10 Å². The summed E-state index contributed by atoms with van der Waals surface area (Å²) >= 11 is 0. The second kappa shape index (κ2) is 6.15. The highest BCUT2D eigenvalue weighted by Crippen LogP contribution is 2.14. The fraction of sp³-hybridized carbons (Fsp3) is 0.286. The molecule has 0 fully saturated rings. The van der Waals surface area contributed by atoms with E-state index in [2.05, 4.69) is 17.3 Å². The van der Waals surface area contributed by atoms with Gasteiger partial charge in [0, 0.05) is 12.7 Å². The molecule has 0 saturated heterocycles. The Hall–Kier alpha value is -2.14. The fourth-order valence-electron chi connectivity index (χ4n) is 1.87. The second-order valence-corrected chi connectivity index (χ2v) is 4.32. The Kier molecular flexibility index (Phi) is 4.30. The first-order chi connectivity index (χ1) is 9.22. The van der Waals surface area contributed by atoms with Gasteiger partial charge in [-0.3, -0.25) is 4.79 Å². The van der Waals surface area contributed by atoms with Crippen LogP contribution in [-0.2, 0) is 6.54 Å². The van der Waals surface area contributed by atoms with Crippen LogP contribution in [-0.4, -0.2) is 22.2 Å². The van der Waals surface area contributed by atoms with Gasteiger partial charge in [0.05, 0.1) is 5.69 Å². The van der Waals surface area contributed by atoms with E-state index in [9.17, 15) is 4.79 Å². The average molecular weight is 258 g/mol. The minimum Gasteiger partial charge on any atom is -0.364 e. The highest BCUT2D eigenvalue weighted by atomic mass is 16.1. The highest BCUT2D eigenvalue weighted by molar-refractivity contribution is 5.90. The van der Waals surface area contributed by atoms with Gasteiger partial charge in [0.25, 0.3) is 5.91 Å². The minimum atomic E-state index is -0.514. The van der Waals surface area contributed by atoms with Gasteiger partial charge in [0.1, 0.15) is 5.69 Å². The molecule has 1 aromatic carbocycles. The van der Waals surface area contributed by atoms with E-state index >= 15 is 0 Å². The van der Waals surface area contributed by atoms with Crippen molar-refractivity contribution in [2.24, 2.45) is 5.73 Å². The van der Waals surface area contributed by atoms with E-state index in [4.69, 9.17) is 5.73 Å². The third-order valence-corrected chi connectivity index (χ3v) is 2.82. The largest absolute Gasteiger partial charge is 0.364 e. The lowest BCUT2D eigenvalue weighted by Gasteiger charge is -2.10. The van der Waals surface area contributed by atoms with Crippen LogP contribution in [0.2, 0.25) is 0 Å². The quantitative estimate of drug-likeness (QED) is 0.771. The maximum Gasteiger partial charge on any atom is 0.269 e. The van der Waals surface area contributed by atoms with Crippen LogP contribution in [0, 0.1) is 0 Å². The summed E-state index contributed by atoms with van der Waals surface area (Å²) in [6.45, 7) is 3.88. The number of benzene rings is 1. The van der Waals surface area contributed by atoms with Crippen LogP contribution in [0.1, 0.15) is 29.4 Å². The number of nitrogens with zero attached hydrogens (tertiary/aromatic N) is 2. The summed E-state index contributed by atoms with van der Waals surface area (Å²) in [5.41, 5.74) is 7.58. The van der Waals surface area contributed by atoms with Gasteiger partial charge in [0.2, 0.25) is 0 Å². The number of carbonyl (C=O) groups excluding carboxylic acids is 1. The molecule has 2 aromatic rings. The fourth-order valence-corrected chi connectivity index (χ4v) is 1.87. The summed E-state index contributed by atoms with van der Waals surface area (Å²) in [6, 6.07) is 9.58. The molecule has 1 amide bonds. The van der Waals surface area contributed by atoms with E-state index in [0.29, 0.717) is 0 Å². The molecule has 0 atom stereocenters. The molecule has 0 saturated carbocycles. The summed E-state index contributed by atoms with van der Waals surface area (Å²) in [7, 11) is 0. The molecule has 5 nitrogen and oxygen atoms in total. The lowest BCUT2D eigenvalue weighted by molar-refractivity contribution is 0.0995. The van der Waals surface area contributed by atoms with E-state index in [1.54, 1.807) is 16.9 Å². The first-order valence-corrected chi connectivity index (χ1v) is 6.37. The molecule has 1 heterocycles. The molecule has 0 spiro atoms. The number of primary amides is 1. The van der Waals surface area contributed by atoms with Gasteiger partial charge in [-0.1, -0.05) is 25.1 Å². The van der Waals surface area contributed by atoms with Crippen LogP contribution in [0.5, 0.6) is 0 Å². The van der Waals surface area contributed by atoms with Crippen molar-refractivity contribution in [1.29, 1.82) is 0 Å². The van der Waals surface area contributed by atoms with Gasteiger partial charge >= 0.3 is 0 Å². The molecule has 2 rings (SSSR count). The van der Waals surface area contributed by atoms with E-state index < -0.39 is 5.91 Å². The number of nitrogens with two attached hydrogens (primary N) is 1. The smallest absolute Gasteiger partial charge is 0.269 e. The summed E-state index contributed by atoms with van der Waals surface area (Å²) in [5, 5.41) is 7.54. The number of hydrogen-bond acceptors (Lipinski definition) is 3. The first kappa shape index (κ1) is 13.3. The summed E-state index contributed by atoms with van der Waals surface area (Å²) < 4.78 is 1.68. The predicted molar refractivity (Wildman–Crippen MR) is 74.1 cm³/mol. The van der Waals surface area contributed by atoms with Crippen LogP contribution < -0.4 is 11.1 Å². The maximum absolute atomic E-state index is 11.1. The Morgan fingerprint density at radius 3 is 2.84 bits per heavy atom.